The molecule has 0 amide bonds. The lowest BCUT2D eigenvalue weighted by Crippen LogP contribution is -2.39. The SMILES string of the molecule is C=C(C)C[C@H](N[C@H](CO)C(C)C)c1ccccc1. The van der Waals surface area contributed by atoms with Gasteiger partial charge in [0.25, 0.3) is 0 Å². The van der Waals surface area contributed by atoms with Gasteiger partial charge < -0.3 is 10.4 Å². The summed E-state index contributed by atoms with van der Waals surface area (Å²) in [5, 5.41) is 13.0. The van der Waals surface area contributed by atoms with Crippen molar-refractivity contribution in [2.75, 3.05) is 6.61 Å². The monoisotopic (exact) mass is 247 g/mol. The molecule has 100 valence electrons. The number of nitrogens with one attached hydrogen (secondary N) is 1. The Balaban J connectivity index is 2.82. The summed E-state index contributed by atoms with van der Waals surface area (Å²) >= 11 is 0. The summed E-state index contributed by atoms with van der Waals surface area (Å²) in [7, 11) is 0. The molecule has 2 nitrogen and oxygen atoms in total. The molecule has 2 N–H and O–H groups in total. The van der Waals surface area contributed by atoms with Crippen molar-refractivity contribution in [2.24, 2.45) is 5.92 Å². The molecule has 0 unspecified atom stereocenters. The molecule has 0 heterocycles. The Labute approximate surface area is 111 Å². The second-order valence-corrected chi connectivity index (χ2v) is 5.32. The van der Waals surface area contributed by atoms with Gasteiger partial charge in [-0.05, 0) is 24.8 Å². The molecular weight excluding hydrogens is 222 g/mol. The van der Waals surface area contributed by atoms with Gasteiger partial charge in [0.15, 0.2) is 0 Å². The largest absolute Gasteiger partial charge is 0.395 e. The lowest BCUT2D eigenvalue weighted by atomic mass is 9.97. The third kappa shape index (κ3) is 4.63. The highest BCUT2D eigenvalue weighted by Gasteiger charge is 2.18. The first kappa shape index (κ1) is 14.9. The second-order valence-electron chi connectivity index (χ2n) is 5.32. The normalized spacial score (nSPS) is 14.5. The van der Waals surface area contributed by atoms with Crippen LogP contribution in [0.3, 0.4) is 0 Å². The Kier molecular flexibility index (Phi) is 6.10. The second kappa shape index (κ2) is 7.34. The van der Waals surface area contributed by atoms with E-state index < -0.39 is 0 Å². The van der Waals surface area contributed by atoms with Crippen LogP contribution in [-0.2, 0) is 0 Å². The van der Waals surface area contributed by atoms with E-state index in [2.05, 4.69) is 37.9 Å². The lowest BCUT2D eigenvalue weighted by molar-refractivity contribution is 0.198. The number of aliphatic hydroxyl groups excluding tert-OH is 1. The zero-order valence-corrected chi connectivity index (χ0v) is 11.7. The molecule has 0 aliphatic rings. The van der Waals surface area contributed by atoms with Gasteiger partial charge in [0.2, 0.25) is 0 Å². The number of rotatable bonds is 7. The quantitative estimate of drug-likeness (QED) is 0.725. The van der Waals surface area contributed by atoms with Crippen molar-refractivity contribution in [1.82, 2.24) is 5.32 Å². The van der Waals surface area contributed by atoms with E-state index in [9.17, 15) is 5.11 Å². The smallest absolute Gasteiger partial charge is 0.0587 e. The summed E-state index contributed by atoms with van der Waals surface area (Å²) in [6, 6.07) is 10.7. The van der Waals surface area contributed by atoms with Crippen LogP contribution in [0.2, 0.25) is 0 Å². The maximum atomic E-state index is 9.44. The molecule has 0 saturated carbocycles. The van der Waals surface area contributed by atoms with Gasteiger partial charge in [-0.2, -0.15) is 0 Å². The Morgan fingerprint density at radius 2 is 1.89 bits per heavy atom. The van der Waals surface area contributed by atoms with Crippen molar-refractivity contribution in [2.45, 2.75) is 39.3 Å². The average Bonchev–Trinajstić information content (AvgIpc) is 2.34. The predicted octanol–water partition coefficient (Wildman–Crippen LogP) is 3.30. The molecule has 2 heteroatoms. The van der Waals surface area contributed by atoms with Crippen molar-refractivity contribution in [1.29, 1.82) is 0 Å². The standard InChI is InChI=1S/C16H25NO/c1-12(2)10-15(14-8-6-5-7-9-14)17-16(11-18)13(3)4/h5-9,13,15-18H,1,10-11H2,2-4H3/t15-,16+/m0/s1. The van der Waals surface area contributed by atoms with Gasteiger partial charge in [0, 0.05) is 12.1 Å². The highest BCUT2D eigenvalue weighted by Crippen LogP contribution is 2.21. The molecule has 2 atom stereocenters. The third-order valence-electron chi connectivity index (χ3n) is 3.17. The molecule has 0 bridgehead atoms. The van der Waals surface area contributed by atoms with Crippen molar-refractivity contribution >= 4 is 0 Å². The van der Waals surface area contributed by atoms with Crippen LogP contribution in [0.1, 0.15) is 38.8 Å². The average molecular weight is 247 g/mol. The molecule has 1 aromatic carbocycles. The third-order valence-corrected chi connectivity index (χ3v) is 3.17. The van der Waals surface area contributed by atoms with E-state index in [4.69, 9.17) is 0 Å². The molecule has 0 aliphatic carbocycles. The Morgan fingerprint density at radius 1 is 1.28 bits per heavy atom. The molecule has 0 aromatic heterocycles. The summed E-state index contributed by atoms with van der Waals surface area (Å²) in [5.41, 5.74) is 2.40. The molecular formula is C16H25NO. The number of aliphatic hydroxyl groups is 1. The van der Waals surface area contributed by atoms with Crippen LogP contribution in [0.4, 0.5) is 0 Å². The fraction of sp³-hybridized carbons (Fsp3) is 0.500. The number of hydrogen-bond donors (Lipinski definition) is 2. The van der Waals surface area contributed by atoms with Crippen molar-refractivity contribution in [3.63, 3.8) is 0 Å². The fourth-order valence-electron chi connectivity index (χ4n) is 2.02. The van der Waals surface area contributed by atoms with Crippen LogP contribution in [-0.4, -0.2) is 17.8 Å². The van der Waals surface area contributed by atoms with Crippen LogP contribution in [0.5, 0.6) is 0 Å². The van der Waals surface area contributed by atoms with Crippen molar-refractivity contribution in [3.8, 4) is 0 Å². The Morgan fingerprint density at radius 3 is 2.33 bits per heavy atom. The zero-order valence-electron chi connectivity index (χ0n) is 11.7. The maximum Gasteiger partial charge on any atom is 0.0587 e. The fourth-order valence-corrected chi connectivity index (χ4v) is 2.02. The molecule has 0 spiro atoms. The topological polar surface area (TPSA) is 32.3 Å². The molecule has 18 heavy (non-hydrogen) atoms. The predicted molar refractivity (Wildman–Crippen MR) is 77.5 cm³/mol. The number of hydrogen-bond acceptors (Lipinski definition) is 2. The first-order valence-corrected chi connectivity index (χ1v) is 6.60. The van der Waals surface area contributed by atoms with Crippen LogP contribution >= 0.6 is 0 Å². The van der Waals surface area contributed by atoms with Gasteiger partial charge in [0.05, 0.1) is 6.61 Å². The van der Waals surface area contributed by atoms with Crippen LogP contribution in [0.15, 0.2) is 42.5 Å². The van der Waals surface area contributed by atoms with E-state index in [1.54, 1.807) is 0 Å². The van der Waals surface area contributed by atoms with E-state index in [0.29, 0.717) is 5.92 Å². The Hall–Kier alpha value is -1.12. The Bertz CT molecular complexity index is 359. The van der Waals surface area contributed by atoms with Gasteiger partial charge >= 0.3 is 0 Å². The highest BCUT2D eigenvalue weighted by molar-refractivity contribution is 5.20. The zero-order chi connectivity index (χ0) is 13.5. The first-order valence-electron chi connectivity index (χ1n) is 6.60. The maximum absolute atomic E-state index is 9.44. The first-order chi connectivity index (χ1) is 8.54. The van der Waals surface area contributed by atoms with E-state index >= 15 is 0 Å². The minimum absolute atomic E-state index is 0.120. The van der Waals surface area contributed by atoms with E-state index in [1.165, 1.54) is 5.56 Å². The summed E-state index contributed by atoms with van der Waals surface area (Å²) in [5.74, 6) is 0.409. The summed E-state index contributed by atoms with van der Waals surface area (Å²) in [4.78, 5) is 0. The summed E-state index contributed by atoms with van der Waals surface area (Å²) in [6.07, 6.45) is 0.896. The minimum Gasteiger partial charge on any atom is -0.395 e. The summed E-state index contributed by atoms with van der Waals surface area (Å²) < 4.78 is 0. The van der Waals surface area contributed by atoms with Crippen LogP contribution in [0.25, 0.3) is 0 Å². The van der Waals surface area contributed by atoms with Crippen molar-refractivity contribution < 1.29 is 5.11 Å². The van der Waals surface area contributed by atoms with Gasteiger partial charge in [-0.15, -0.1) is 6.58 Å². The van der Waals surface area contributed by atoms with Crippen molar-refractivity contribution in [3.05, 3.63) is 48.0 Å². The lowest BCUT2D eigenvalue weighted by Gasteiger charge is -2.27. The minimum atomic E-state index is 0.120. The van der Waals surface area contributed by atoms with E-state index in [1.807, 2.05) is 25.1 Å². The van der Waals surface area contributed by atoms with Crippen LogP contribution < -0.4 is 5.32 Å². The molecule has 0 saturated heterocycles. The van der Waals surface area contributed by atoms with Gasteiger partial charge in [-0.3, -0.25) is 0 Å². The molecule has 0 aliphatic heterocycles. The highest BCUT2D eigenvalue weighted by atomic mass is 16.3. The van der Waals surface area contributed by atoms with Gasteiger partial charge in [-0.25, -0.2) is 0 Å². The molecule has 0 fully saturated rings. The van der Waals surface area contributed by atoms with Gasteiger partial charge in [-0.1, -0.05) is 49.8 Å². The molecule has 1 aromatic rings. The van der Waals surface area contributed by atoms with Crippen LogP contribution in [0, 0.1) is 5.92 Å². The summed E-state index contributed by atoms with van der Waals surface area (Å²) in [6.45, 7) is 10.4. The number of benzene rings is 1. The molecule has 1 rings (SSSR count). The van der Waals surface area contributed by atoms with Gasteiger partial charge in [0.1, 0.15) is 0 Å². The van der Waals surface area contributed by atoms with E-state index in [0.717, 1.165) is 12.0 Å². The molecule has 0 radical (unpaired) electrons. The van der Waals surface area contributed by atoms with E-state index in [-0.39, 0.29) is 18.7 Å².